The van der Waals surface area contributed by atoms with Crippen LogP contribution in [0.3, 0.4) is 0 Å². The summed E-state index contributed by atoms with van der Waals surface area (Å²) in [5.41, 5.74) is 5.29. The van der Waals surface area contributed by atoms with Crippen molar-refractivity contribution in [2.45, 2.75) is 20.8 Å². The Labute approximate surface area is 174 Å². The van der Waals surface area contributed by atoms with E-state index in [9.17, 15) is 4.79 Å². The summed E-state index contributed by atoms with van der Waals surface area (Å²) in [4.78, 5) is 16.3. The smallest absolute Gasteiger partial charge is 0.338 e. The summed E-state index contributed by atoms with van der Waals surface area (Å²) < 4.78 is 7.15. The van der Waals surface area contributed by atoms with Gasteiger partial charge >= 0.3 is 5.97 Å². The van der Waals surface area contributed by atoms with E-state index < -0.39 is 0 Å². The number of benzene rings is 2. The maximum absolute atomic E-state index is 11.8. The van der Waals surface area contributed by atoms with Crippen LogP contribution in [0.25, 0.3) is 5.69 Å². The van der Waals surface area contributed by atoms with Gasteiger partial charge in [0.2, 0.25) is 0 Å². The van der Waals surface area contributed by atoms with Crippen LogP contribution in [0.15, 0.2) is 53.5 Å². The monoisotopic (exact) mass is 414 g/mol. The molecule has 0 aliphatic carbocycles. The van der Waals surface area contributed by atoms with Crippen molar-refractivity contribution in [3.8, 4) is 5.69 Å². The van der Waals surface area contributed by atoms with E-state index in [1.165, 1.54) is 0 Å². The zero-order chi connectivity index (χ0) is 20.3. The fourth-order valence-electron chi connectivity index (χ4n) is 3.03. The van der Waals surface area contributed by atoms with Gasteiger partial charge < -0.3 is 9.30 Å². The third kappa shape index (κ3) is 4.46. The SMILES string of the molecule is CCOC(=O)c1ccc(-n2c(C)cc(C=Nc3cc(Cl)cc(Cl)c3)c2C)cc1. The highest BCUT2D eigenvalue weighted by Crippen LogP contribution is 2.25. The molecule has 0 radical (unpaired) electrons. The van der Waals surface area contributed by atoms with E-state index in [1.54, 1.807) is 43.5 Å². The second kappa shape index (κ2) is 8.63. The summed E-state index contributed by atoms with van der Waals surface area (Å²) in [5, 5.41) is 1.10. The molecule has 0 unspecified atom stereocenters. The van der Waals surface area contributed by atoms with E-state index in [1.807, 2.05) is 26.0 Å². The lowest BCUT2D eigenvalue weighted by Gasteiger charge is -2.10. The standard InChI is InChI=1S/C22H20Cl2N2O2/c1-4-28-22(27)16-5-7-21(8-6-16)26-14(2)9-17(15(26)3)13-25-20-11-18(23)10-19(24)12-20/h5-13H,4H2,1-3H3. The average Bonchev–Trinajstić information content (AvgIpc) is 2.93. The number of ether oxygens (including phenoxy) is 1. The van der Waals surface area contributed by atoms with E-state index in [2.05, 4.69) is 15.6 Å². The maximum atomic E-state index is 11.8. The number of hydrogen-bond donors (Lipinski definition) is 0. The van der Waals surface area contributed by atoms with Gasteiger partial charge in [0.05, 0.1) is 17.9 Å². The Balaban J connectivity index is 1.89. The van der Waals surface area contributed by atoms with Crippen LogP contribution in [0.1, 0.15) is 34.2 Å². The lowest BCUT2D eigenvalue weighted by molar-refractivity contribution is 0.0526. The van der Waals surface area contributed by atoms with Crippen molar-refractivity contribution in [3.63, 3.8) is 0 Å². The molecular formula is C22H20Cl2N2O2. The van der Waals surface area contributed by atoms with Crippen molar-refractivity contribution in [2.24, 2.45) is 4.99 Å². The molecule has 0 spiro atoms. The normalized spacial score (nSPS) is 11.2. The maximum Gasteiger partial charge on any atom is 0.338 e. The Morgan fingerprint density at radius 2 is 1.71 bits per heavy atom. The first-order valence-corrected chi connectivity index (χ1v) is 9.61. The molecule has 3 rings (SSSR count). The summed E-state index contributed by atoms with van der Waals surface area (Å²) in [6.07, 6.45) is 1.80. The fourth-order valence-corrected chi connectivity index (χ4v) is 3.55. The van der Waals surface area contributed by atoms with E-state index in [0.29, 0.717) is 27.9 Å². The predicted molar refractivity (Wildman–Crippen MR) is 115 cm³/mol. The van der Waals surface area contributed by atoms with Crippen LogP contribution in [0.5, 0.6) is 0 Å². The number of aryl methyl sites for hydroxylation is 1. The van der Waals surface area contributed by atoms with Crippen molar-refractivity contribution >= 4 is 41.1 Å². The van der Waals surface area contributed by atoms with Crippen molar-refractivity contribution in [1.29, 1.82) is 0 Å². The van der Waals surface area contributed by atoms with Gasteiger partial charge in [-0.1, -0.05) is 23.2 Å². The third-order valence-corrected chi connectivity index (χ3v) is 4.74. The number of carbonyl (C=O) groups is 1. The van der Waals surface area contributed by atoms with Gasteiger partial charge in [0.25, 0.3) is 0 Å². The van der Waals surface area contributed by atoms with E-state index in [0.717, 1.165) is 22.6 Å². The van der Waals surface area contributed by atoms with Crippen LogP contribution in [0.2, 0.25) is 10.0 Å². The minimum atomic E-state index is -0.317. The minimum Gasteiger partial charge on any atom is -0.462 e. The van der Waals surface area contributed by atoms with Gasteiger partial charge in [0.1, 0.15) is 0 Å². The van der Waals surface area contributed by atoms with Gasteiger partial charge in [-0.2, -0.15) is 0 Å². The number of rotatable bonds is 5. The molecule has 0 bridgehead atoms. The Morgan fingerprint density at radius 1 is 1.07 bits per heavy atom. The lowest BCUT2D eigenvalue weighted by atomic mass is 10.2. The summed E-state index contributed by atoms with van der Waals surface area (Å²) in [7, 11) is 0. The minimum absolute atomic E-state index is 0.317. The van der Waals surface area contributed by atoms with Crippen molar-refractivity contribution in [3.05, 3.63) is 81.1 Å². The number of nitrogens with zero attached hydrogens (tertiary/aromatic N) is 2. The molecule has 0 saturated heterocycles. The van der Waals surface area contributed by atoms with Gasteiger partial charge in [0, 0.05) is 38.9 Å². The van der Waals surface area contributed by atoms with Crippen LogP contribution in [0, 0.1) is 13.8 Å². The molecule has 0 fully saturated rings. The molecule has 0 N–H and O–H groups in total. The van der Waals surface area contributed by atoms with Crippen molar-refractivity contribution < 1.29 is 9.53 Å². The highest BCUT2D eigenvalue weighted by Gasteiger charge is 2.11. The first-order valence-electron chi connectivity index (χ1n) is 8.85. The van der Waals surface area contributed by atoms with Crippen LogP contribution < -0.4 is 0 Å². The summed E-state index contributed by atoms with van der Waals surface area (Å²) >= 11 is 12.1. The average molecular weight is 415 g/mol. The predicted octanol–water partition coefficient (Wildman–Crippen LogP) is 6.33. The van der Waals surface area contributed by atoms with E-state index >= 15 is 0 Å². The zero-order valence-electron chi connectivity index (χ0n) is 15.9. The second-order valence-corrected chi connectivity index (χ2v) is 7.19. The number of esters is 1. The highest BCUT2D eigenvalue weighted by atomic mass is 35.5. The highest BCUT2D eigenvalue weighted by molar-refractivity contribution is 6.35. The van der Waals surface area contributed by atoms with E-state index in [-0.39, 0.29) is 5.97 Å². The molecule has 0 saturated carbocycles. The lowest BCUT2D eigenvalue weighted by Crippen LogP contribution is -2.05. The molecule has 0 atom stereocenters. The van der Waals surface area contributed by atoms with E-state index in [4.69, 9.17) is 27.9 Å². The van der Waals surface area contributed by atoms with Gasteiger partial charge in [-0.15, -0.1) is 0 Å². The van der Waals surface area contributed by atoms with Crippen molar-refractivity contribution in [2.75, 3.05) is 6.61 Å². The summed E-state index contributed by atoms with van der Waals surface area (Å²) in [6.45, 7) is 6.20. The second-order valence-electron chi connectivity index (χ2n) is 6.32. The molecule has 4 nitrogen and oxygen atoms in total. The quantitative estimate of drug-likeness (QED) is 0.361. The molecule has 2 aromatic carbocycles. The Bertz CT molecular complexity index is 1020. The molecule has 1 aromatic heterocycles. The Kier molecular flexibility index (Phi) is 6.22. The number of hydrogen-bond acceptors (Lipinski definition) is 3. The van der Waals surface area contributed by atoms with Gasteiger partial charge in [-0.05, 0) is 69.3 Å². The van der Waals surface area contributed by atoms with Crippen LogP contribution in [-0.2, 0) is 4.74 Å². The van der Waals surface area contributed by atoms with Crippen LogP contribution >= 0.6 is 23.2 Å². The molecule has 144 valence electrons. The van der Waals surface area contributed by atoms with Gasteiger partial charge in [0.15, 0.2) is 0 Å². The fraction of sp³-hybridized carbons (Fsp3) is 0.182. The van der Waals surface area contributed by atoms with Gasteiger partial charge in [-0.3, -0.25) is 4.99 Å². The van der Waals surface area contributed by atoms with Gasteiger partial charge in [-0.25, -0.2) is 4.79 Å². The molecule has 0 aliphatic heterocycles. The largest absolute Gasteiger partial charge is 0.462 e. The summed E-state index contributed by atoms with van der Waals surface area (Å²) in [5.74, 6) is -0.317. The topological polar surface area (TPSA) is 43.6 Å². The first-order chi connectivity index (χ1) is 13.4. The third-order valence-electron chi connectivity index (χ3n) is 4.31. The Hall–Kier alpha value is -2.56. The number of carbonyl (C=O) groups excluding carboxylic acids is 1. The molecule has 6 heteroatoms. The zero-order valence-corrected chi connectivity index (χ0v) is 17.4. The van der Waals surface area contributed by atoms with Crippen molar-refractivity contribution in [1.82, 2.24) is 4.57 Å². The molecule has 3 aromatic rings. The molecule has 0 aliphatic rings. The number of aromatic nitrogens is 1. The summed E-state index contributed by atoms with van der Waals surface area (Å²) in [6, 6.07) is 14.6. The number of halogens is 2. The molecule has 1 heterocycles. The molecule has 28 heavy (non-hydrogen) atoms. The number of aliphatic imine (C=N–C) groups is 1. The first kappa shape index (κ1) is 20.2. The van der Waals surface area contributed by atoms with Crippen LogP contribution in [-0.4, -0.2) is 23.4 Å². The molecule has 0 amide bonds. The molecular weight excluding hydrogens is 395 g/mol. The van der Waals surface area contributed by atoms with Crippen LogP contribution in [0.4, 0.5) is 5.69 Å². The Morgan fingerprint density at radius 3 is 2.32 bits per heavy atom.